The molecule has 1 aliphatic carbocycles. The molecule has 1 saturated heterocycles. The first-order valence-corrected chi connectivity index (χ1v) is 9.46. The first-order valence-electron chi connectivity index (χ1n) is 9.46. The van der Waals surface area contributed by atoms with Crippen LogP contribution in [0.15, 0.2) is 18.2 Å². The number of nitrogens with zero attached hydrogens (tertiary/aromatic N) is 1. The molecular weight excluding hydrogens is 314 g/mol. The van der Waals surface area contributed by atoms with Gasteiger partial charge in [0.25, 0.3) is 0 Å². The van der Waals surface area contributed by atoms with Crippen LogP contribution in [0.25, 0.3) is 0 Å². The van der Waals surface area contributed by atoms with Gasteiger partial charge in [-0.05, 0) is 43.9 Å². The van der Waals surface area contributed by atoms with Crippen LogP contribution in [0.1, 0.15) is 43.7 Å². The number of hydrogen-bond acceptors (Lipinski definition) is 4. The van der Waals surface area contributed by atoms with Crippen LogP contribution in [-0.4, -0.2) is 37.7 Å². The van der Waals surface area contributed by atoms with E-state index in [1.807, 2.05) is 6.92 Å². The SMILES string of the molecule is Cc1ccc(CNC(=O)C2CCCCC2(C)N)c(N2CCOCC2)c1. The van der Waals surface area contributed by atoms with Gasteiger partial charge in [-0.3, -0.25) is 4.79 Å². The average Bonchev–Trinajstić information content (AvgIpc) is 2.60. The molecule has 2 fully saturated rings. The second kappa shape index (κ2) is 7.75. The Bertz CT molecular complexity index is 609. The van der Waals surface area contributed by atoms with Crippen molar-refractivity contribution in [2.45, 2.75) is 51.6 Å². The minimum absolute atomic E-state index is 0.0847. The van der Waals surface area contributed by atoms with E-state index < -0.39 is 0 Å². The zero-order valence-electron chi connectivity index (χ0n) is 15.5. The van der Waals surface area contributed by atoms with Crippen molar-refractivity contribution in [3.8, 4) is 0 Å². The van der Waals surface area contributed by atoms with E-state index in [9.17, 15) is 4.79 Å². The van der Waals surface area contributed by atoms with E-state index in [-0.39, 0.29) is 17.4 Å². The zero-order chi connectivity index (χ0) is 17.9. The fraction of sp³-hybridized carbons (Fsp3) is 0.650. The highest BCUT2D eigenvalue weighted by molar-refractivity contribution is 5.80. The van der Waals surface area contributed by atoms with Crippen molar-refractivity contribution in [1.82, 2.24) is 5.32 Å². The molecule has 0 aromatic heterocycles. The molecule has 2 aliphatic rings. The van der Waals surface area contributed by atoms with Crippen LogP contribution in [0, 0.1) is 12.8 Å². The Hall–Kier alpha value is -1.59. The van der Waals surface area contributed by atoms with Gasteiger partial charge in [-0.15, -0.1) is 0 Å². The number of aryl methyl sites for hydroxylation is 1. The third kappa shape index (κ3) is 4.33. The van der Waals surface area contributed by atoms with Crippen LogP contribution >= 0.6 is 0 Å². The van der Waals surface area contributed by atoms with Gasteiger partial charge in [0.1, 0.15) is 0 Å². The largest absolute Gasteiger partial charge is 0.378 e. The quantitative estimate of drug-likeness (QED) is 0.879. The molecule has 1 aromatic rings. The second-order valence-electron chi connectivity index (χ2n) is 7.75. The van der Waals surface area contributed by atoms with Gasteiger partial charge in [-0.25, -0.2) is 0 Å². The summed E-state index contributed by atoms with van der Waals surface area (Å²) in [5, 5.41) is 3.15. The van der Waals surface area contributed by atoms with Gasteiger partial charge < -0.3 is 20.7 Å². The summed E-state index contributed by atoms with van der Waals surface area (Å²) >= 11 is 0. The Kier molecular flexibility index (Phi) is 5.64. The van der Waals surface area contributed by atoms with Gasteiger partial charge in [-0.1, -0.05) is 25.0 Å². The Morgan fingerprint density at radius 1 is 1.36 bits per heavy atom. The summed E-state index contributed by atoms with van der Waals surface area (Å²) in [6.45, 7) is 7.98. The number of carbonyl (C=O) groups is 1. The van der Waals surface area contributed by atoms with Crippen LogP contribution in [0.2, 0.25) is 0 Å². The van der Waals surface area contributed by atoms with Gasteiger partial charge >= 0.3 is 0 Å². The second-order valence-corrected chi connectivity index (χ2v) is 7.75. The first-order chi connectivity index (χ1) is 12.0. The molecule has 2 atom stereocenters. The van der Waals surface area contributed by atoms with Crippen molar-refractivity contribution in [3.05, 3.63) is 29.3 Å². The Morgan fingerprint density at radius 3 is 2.84 bits per heavy atom. The Balaban J connectivity index is 1.69. The number of ether oxygens (including phenoxy) is 1. The molecule has 25 heavy (non-hydrogen) atoms. The lowest BCUT2D eigenvalue weighted by Crippen LogP contribution is -2.52. The molecule has 138 valence electrons. The molecule has 1 saturated carbocycles. The zero-order valence-corrected chi connectivity index (χ0v) is 15.5. The predicted molar refractivity (Wildman–Crippen MR) is 101 cm³/mol. The van der Waals surface area contributed by atoms with E-state index in [1.54, 1.807) is 0 Å². The van der Waals surface area contributed by atoms with E-state index in [1.165, 1.54) is 11.3 Å². The van der Waals surface area contributed by atoms with E-state index >= 15 is 0 Å². The average molecular weight is 345 g/mol. The van der Waals surface area contributed by atoms with Gasteiger partial charge in [0.2, 0.25) is 5.91 Å². The fourth-order valence-corrected chi connectivity index (χ4v) is 4.02. The Labute approximate surface area is 150 Å². The third-order valence-corrected chi connectivity index (χ3v) is 5.62. The summed E-state index contributed by atoms with van der Waals surface area (Å²) in [6, 6.07) is 6.45. The minimum atomic E-state index is -0.386. The molecule has 1 heterocycles. The topological polar surface area (TPSA) is 67.6 Å². The summed E-state index contributed by atoms with van der Waals surface area (Å²) in [7, 11) is 0. The summed E-state index contributed by atoms with van der Waals surface area (Å²) < 4.78 is 5.47. The van der Waals surface area contributed by atoms with Crippen LogP contribution < -0.4 is 16.0 Å². The summed E-state index contributed by atoms with van der Waals surface area (Å²) in [4.78, 5) is 15.1. The van der Waals surface area contributed by atoms with Crippen molar-refractivity contribution in [1.29, 1.82) is 0 Å². The maximum Gasteiger partial charge on any atom is 0.225 e. The van der Waals surface area contributed by atoms with Crippen molar-refractivity contribution in [3.63, 3.8) is 0 Å². The molecule has 3 rings (SSSR count). The number of benzene rings is 1. The molecule has 5 heteroatoms. The smallest absolute Gasteiger partial charge is 0.225 e. The molecule has 0 radical (unpaired) electrons. The lowest BCUT2D eigenvalue weighted by atomic mass is 9.74. The Morgan fingerprint density at radius 2 is 2.12 bits per heavy atom. The molecule has 1 amide bonds. The minimum Gasteiger partial charge on any atom is -0.378 e. The summed E-state index contributed by atoms with van der Waals surface area (Å²) in [6.07, 6.45) is 4.03. The number of nitrogens with two attached hydrogens (primary N) is 1. The number of amides is 1. The number of nitrogens with one attached hydrogen (secondary N) is 1. The van der Waals surface area contributed by atoms with Crippen molar-refractivity contribution in [2.75, 3.05) is 31.2 Å². The molecular formula is C20H31N3O2. The molecule has 5 nitrogen and oxygen atoms in total. The van der Waals surface area contributed by atoms with Gasteiger partial charge in [-0.2, -0.15) is 0 Å². The third-order valence-electron chi connectivity index (χ3n) is 5.62. The van der Waals surface area contributed by atoms with E-state index in [0.29, 0.717) is 6.54 Å². The summed E-state index contributed by atoms with van der Waals surface area (Å²) in [5.41, 5.74) is 9.60. The number of rotatable bonds is 4. The van der Waals surface area contributed by atoms with Crippen molar-refractivity contribution in [2.24, 2.45) is 11.7 Å². The highest BCUT2D eigenvalue weighted by Crippen LogP contribution is 2.32. The number of morpholine rings is 1. The van der Waals surface area contributed by atoms with Gasteiger partial charge in [0, 0.05) is 30.9 Å². The van der Waals surface area contributed by atoms with Crippen LogP contribution in [0.4, 0.5) is 5.69 Å². The lowest BCUT2D eigenvalue weighted by Gasteiger charge is -2.37. The molecule has 2 unspecified atom stereocenters. The number of anilines is 1. The van der Waals surface area contributed by atoms with Gasteiger partial charge in [0.15, 0.2) is 0 Å². The number of hydrogen-bond donors (Lipinski definition) is 2. The van der Waals surface area contributed by atoms with Crippen LogP contribution in [-0.2, 0) is 16.1 Å². The van der Waals surface area contributed by atoms with E-state index in [0.717, 1.165) is 57.6 Å². The molecule has 1 aromatic carbocycles. The summed E-state index contributed by atoms with van der Waals surface area (Å²) in [5.74, 6) is 0.0109. The van der Waals surface area contributed by atoms with Gasteiger partial charge in [0.05, 0.1) is 19.1 Å². The highest BCUT2D eigenvalue weighted by atomic mass is 16.5. The predicted octanol–water partition coefficient (Wildman–Crippen LogP) is 2.36. The van der Waals surface area contributed by atoms with Crippen LogP contribution in [0.5, 0.6) is 0 Å². The fourth-order valence-electron chi connectivity index (χ4n) is 4.02. The maximum atomic E-state index is 12.7. The normalized spacial score (nSPS) is 27.2. The lowest BCUT2D eigenvalue weighted by molar-refractivity contribution is -0.128. The first kappa shape index (κ1) is 18.2. The standard InChI is InChI=1S/C20H31N3O2/c1-15-6-7-16(18(13-15)23-9-11-25-12-10-23)14-22-19(24)17-5-3-4-8-20(17,2)21/h6-7,13,17H,3-5,8-12,14,21H2,1-2H3,(H,22,24). The van der Waals surface area contributed by atoms with Crippen molar-refractivity contribution < 1.29 is 9.53 Å². The molecule has 3 N–H and O–H groups in total. The number of carbonyl (C=O) groups excluding carboxylic acids is 1. The van der Waals surface area contributed by atoms with E-state index in [4.69, 9.17) is 10.5 Å². The van der Waals surface area contributed by atoms with Crippen molar-refractivity contribution >= 4 is 11.6 Å². The molecule has 0 bridgehead atoms. The molecule has 0 spiro atoms. The van der Waals surface area contributed by atoms with E-state index in [2.05, 4.69) is 35.3 Å². The van der Waals surface area contributed by atoms with Crippen LogP contribution in [0.3, 0.4) is 0 Å². The highest BCUT2D eigenvalue weighted by Gasteiger charge is 2.37. The monoisotopic (exact) mass is 345 g/mol. The molecule has 1 aliphatic heterocycles. The maximum absolute atomic E-state index is 12.7.